The van der Waals surface area contributed by atoms with Gasteiger partial charge in [0.05, 0.1) is 12.0 Å². The number of thiazole rings is 1. The Morgan fingerprint density at radius 2 is 1.93 bits per heavy atom. The number of alkyl halides is 1. The predicted molar refractivity (Wildman–Crippen MR) is 142 cm³/mol. The third kappa shape index (κ3) is 7.73. The Labute approximate surface area is 240 Å². The van der Waals surface area contributed by atoms with E-state index in [2.05, 4.69) is 30.8 Å². The SMILES string of the molecule is COC(=O)[C@H]1NC(=O)[C@@H]1NC(=O)C(=NOC(C)(C)C(=O)OCc1ccc([N+](=O)[O-])cc1)c1csc(NC(=O)CCl)n1. The number of ether oxygens (including phenoxy) is 2. The molecule has 2 aromatic rings. The quantitative estimate of drug-likeness (QED) is 0.0755. The number of oxime groups is 1. The number of nitro groups is 1. The Morgan fingerprint density at radius 3 is 2.51 bits per heavy atom. The van der Waals surface area contributed by atoms with E-state index in [4.69, 9.17) is 21.2 Å². The van der Waals surface area contributed by atoms with Crippen molar-refractivity contribution in [3.8, 4) is 0 Å². The number of carbonyl (C=O) groups is 5. The van der Waals surface area contributed by atoms with Crippen LogP contribution in [0.25, 0.3) is 0 Å². The molecular formula is C23H23ClN6O10S. The molecule has 1 aliphatic rings. The number of nitrogens with zero attached hydrogens (tertiary/aromatic N) is 3. The summed E-state index contributed by atoms with van der Waals surface area (Å²) in [6.45, 7) is 2.39. The highest BCUT2D eigenvalue weighted by Gasteiger charge is 2.46. The first-order chi connectivity index (χ1) is 19.4. The van der Waals surface area contributed by atoms with E-state index in [-0.39, 0.29) is 29.0 Å². The van der Waals surface area contributed by atoms with Gasteiger partial charge in [0.15, 0.2) is 16.9 Å². The van der Waals surface area contributed by atoms with Gasteiger partial charge >= 0.3 is 11.9 Å². The summed E-state index contributed by atoms with van der Waals surface area (Å²) < 4.78 is 9.83. The highest BCUT2D eigenvalue weighted by molar-refractivity contribution is 7.14. The van der Waals surface area contributed by atoms with Crippen LogP contribution in [-0.4, -0.2) is 76.0 Å². The molecule has 1 aromatic carbocycles. The monoisotopic (exact) mass is 610 g/mol. The number of halogens is 1. The molecule has 16 nitrogen and oxygen atoms in total. The fourth-order valence-electron chi connectivity index (χ4n) is 3.09. The molecule has 0 radical (unpaired) electrons. The standard InChI is InChI=1S/C23H23ClN6O10S/c1-23(2,21(35)39-9-11-4-6-12(7-5-11)30(36)37)40-29-15(13-10-41-22(25-13)26-14(31)8-24)18(32)27-16-17(20(34)38-3)28-19(16)33/h4-7,10,16-17H,8-9H2,1-3H3,(H,27,32)(H,28,33)(H,25,26,31)/t16-,17+/m1/s1. The molecule has 2 heterocycles. The highest BCUT2D eigenvalue weighted by Crippen LogP contribution is 2.20. The molecule has 1 aromatic heterocycles. The van der Waals surface area contributed by atoms with Crippen LogP contribution in [0.1, 0.15) is 25.1 Å². The zero-order valence-corrected chi connectivity index (χ0v) is 23.2. The number of amides is 3. The van der Waals surface area contributed by atoms with Crippen molar-refractivity contribution in [1.29, 1.82) is 0 Å². The molecule has 3 N–H and O–H groups in total. The van der Waals surface area contributed by atoms with Gasteiger partial charge in [-0.3, -0.25) is 24.5 Å². The minimum absolute atomic E-state index is 0.0711. The summed E-state index contributed by atoms with van der Waals surface area (Å²) >= 11 is 6.42. The second-order valence-corrected chi connectivity index (χ2v) is 9.85. The van der Waals surface area contributed by atoms with E-state index in [9.17, 15) is 34.1 Å². The summed E-state index contributed by atoms with van der Waals surface area (Å²) in [5.74, 6) is -4.23. The molecule has 18 heteroatoms. The number of nitrogens with one attached hydrogen (secondary N) is 3. The lowest BCUT2D eigenvalue weighted by Crippen LogP contribution is -2.72. The third-order valence-corrected chi connectivity index (χ3v) is 6.36. The minimum Gasteiger partial charge on any atom is -0.467 e. The number of methoxy groups -OCH3 is 1. The number of anilines is 1. The largest absolute Gasteiger partial charge is 0.467 e. The summed E-state index contributed by atoms with van der Waals surface area (Å²) in [6.07, 6.45) is 0. The Bertz CT molecular complexity index is 1390. The minimum atomic E-state index is -1.75. The Kier molecular flexibility index (Phi) is 9.90. The number of hydrogen-bond acceptors (Lipinski definition) is 13. The summed E-state index contributed by atoms with van der Waals surface area (Å²) in [7, 11) is 1.11. The number of hydrogen-bond donors (Lipinski definition) is 3. The normalized spacial score (nSPS) is 16.5. The van der Waals surface area contributed by atoms with Gasteiger partial charge in [0.25, 0.3) is 11.6 Å². The van der Waals surface area contributed by atoms with Crippen LogP contribution in [0.5, 0.6) is 0 Å². The molecule has 0 unspecified atom stereocenters. The van der Waals surface area contributed by atoms with Crippen LogP contribution in [0, 0.1) is 10.1 Å². The number of rotatable bonds is 12. The van der Waals surface area contributed by atoms with Crippen molar-refractivity contribution in [3.63, 3.8) is 0 Å². The second-order valence-electron chi connectivity index (χ2n) is 8.72. The summed E-state index contributed by atoms with van der Waals surface area (Å²) in [6, 6.07) is 2.92. The first-order valence-electron chi connectivity index (χ1n) is 11.5. The van der Waals surface area contributed by atoms with Crippen LogP contribution < -0.4 is 16.0 Å². The van der Waals surface area contributed by atoms with E-state index >= 15 is 0 Å². The lowest BCUT2D eigenvalue weighted by molar-refractivity contribution is -0.384. The van der Waals surface area contributed by atoms with Crippen molar-refractivity contribution in [2.75, 3.05) is 18.3 Å². The zero-order valence-electron chi connectivity index (χ0n) is 21.7. The van der Waals surface area contributed by atoms with Gasteiger partial charge in [-0.2, -0.15) is 0 Å². The molecule has 1 fully saturated rings. The van der Waals surface area contributed by atoms with E-state index in [1.165, 1.54) is 43.5 Å². The molecule has 2 atom stereocenters. The van der Waals surface area contributed by atoms with E-state index in [0.29, 0.717) is 5.56 Å². The van der Waals surface area contributed by atoms with Crippen LogP contribution in [-0.2, 0) is 44.9 Å². The number of non-ortho nitro benzene ring substituents is 1. The van der Waals surface area contributed by atoms with Gasteiger partial charge in [0, 0.05) is 17.5 Å². The molecule has 0 saturated carbocycles. The zero-order chi connectivity index (χ0) is 30.3. The van der Waals surface area contributed by atoms with Crippen LogP contribution in [0.3, 0.4) is 0 Å². The predicted octanol–water partition coefficient (Wildman–Crippen LogP) is 0.628. The van der Waals surface area contributed by atoms with Gasteiger partial charge in [-0.05, 0) is 31.5 Å². The van der Waals surface area contributed by atoms with Crippen molar-refractivity contribution in [1.82, 2.24) is 15.6 Å². The average Bonchev–Trinajstić information content (AvgIpc) is 3.40. The Morgan fingerprint density at radius 1 is 1.24 bits per heavy atom. The maximum absolute atomic E-state index is 13.1. The molecule has 3 rings (SSSR count). The van der Waals surface area contributed by atoms with Crippen molar-refractivity contribution in [3.05, 3.63) is 51.0 Å². The van der Waals surface area contributed by atoms with E-state index in [1.54, 1.807) is 0 Å². The second kappa shape index (κ2) is 13.1. The summed E-state index contributed by atoms with van der Waals surface area (Å²) in [4.78, 5) is 81.0. The van der Waals surface area contributed by atoms with Crippen molar-refractivity contribution in [2.24, 2.45) is 5.16 Å². The van der Waals surface area contributed by atoms with Gasteiger partial charge in [0.2, 0.25) is 17.4 Å². The van der Waals surface area contributed by atoms with E-state index in [1.807, 2.05) is 0 Å². The van der Waals surface area contributed by atoms with Gasteiger partial charge in [-0.1, -0.05) is 5.16 Å². The Hall–Kier alpha value is -4.64. The van der Waals surface area contributed by atoms with Gasteiger partial charge in [0.1, 0.15) is 24.2 Å². The first-order valence-corrected chi connectivity index (χ1v) is 12.9. The van der Waals surface area contributed by atoms with Gasteiger partial charge in [-0.25, -0.2) is 14.6 Å². The van der Waals surface area contributed by atoms with Gasteiger partial charge < -0.3 is 30.3 Å². The van der Waals surface area contributed by atoms with E-state index < -0.39 is 58.0 Å². The number of carbonyl (C=O) groups excluding carboxylic acids is 5. The van der Waals surface area contributed by atoms with Gasteiger partial charge in [-0.15, -0.1) is 22.9 Å². The number of esters is 2. The molecule has 0 aliphatic carbocycles. The van der Waals surface area contributed by atoms with Crippen molar-refractivity contribution >= 4 is 69.1 Å². The molecule has 0 spiro atoms. The fourth-order valence-corrected chi connectivity index (χ4v) is 3.87. The molecule has 41 heavy (non-hydrogen) atoms. The number of benzene rings is 1. The summed E-state index contributed by atoms with van der Waals surface area (Å²) in [5, 5.41) is 23.1. The molecule has 1 aliphatic heterocycles. The number of aromatic nitrogens is 1. The maximum Gasteiger partial charge on any atom is 0.353 e. The topological polar surface area (TPSA) is 218 Å². The van der Waals surface area contributed by atoms with Crippen LogP contribution >= 0.6 is 22.9 Å². The highest BCUT2D eigenvalue weighted by atomic mass is 35.5. The maximum atomic E-state index is 13.1. The van der Waals surface area contributed by atoms with Crippen LogP contribution in [0.4, 0.5) is 10.8 Å². The number of nitro benzene ring substituents is 1. The summed E-state index contributed by atoms with van der Waals surface area (Å²) in [5.41, 5.74) is -2.00. The van der Waals surface area contributed by atoms with Crippen molar-refractivity contribution < 1.29 is 43.2 Å². The van der Waals surface area contributed by atoms with Crippen molar-refractivity contribution in [2.45, 2.75) is 38.1 Å². The fraction of sp³-hybridized carbons (Fsp3) is 0.348. The third-order valence-electron chi connectivity index (χ3n) is 5.36. The first kappa shape index (κ1) is 30.9. The van der Waals surface area contributed by atoms with Crippen LogP contribution in [0.15, 0.2) is 34.8 Å². The molecular weight excluding hydrogens is 588 g/mol. The average molecular weight is 611 g/mol. The smallest absolute Gasteiger partial charge is 0.353 e. The lowest BCUT2D eigenvalue weighted by atomic mass is 9.99. The molecule has 0 bridgehead atoms. The molecule has 218 valence electrons. The Balaban J connectivity index is 1.78. The number of β-lactam (4-membered cyclic amide) rings is 1. The van der Waals surface area contributed by atoms with Crippen LogP contribution in [0.2, 0.25) is 0 Å². The lowest BCUT2D eigenvalue weighted by Gasteiger charge is -2.34. The molecule has 1 saturated heterocycles. The van der Waals surface area contributed by atoms with E-state index in [0.717, 1.165) is 18.4 Å². The molecule has 3 amide bonds.